The van der Waals surface area contributed by atoms with Gasteiger partial charge in [0.25, 0.3) is 0 Å². The third kappa shape index (κ3) is 5.34. The van der Waals surface area contributed by atoms with Crippen molar-refractivity contribution < 1.29 is 18.7 Å². The van der Waals surface area contributed by atoms with Crippen molar-refractivity contribution >= 4 is 17.5 Å². The standard InChI is InChI=1S/C25H26N2O4/c1-30-21-9-7-19(8-10-21)23-13-11-22(31-23)12-14-24(28)26-20-5-2-4-18(16-20)17-27-15-3-6-25(27)29/h2,4-5,7-11,13,16H,3,6,12,14-15,17H2,1H3,(H,26,28). The number of nitrogens with one attached hydrogen (secondary N) is 1. The second kappa shape index (κ2) is 9.51. The van der Waals surface area contributed by atoms with Crippen molar-refractivity contribution in [2.24, 2.45) is 0 Å². The summed E-state index contributed by atoms with van der Waals surface area (Å²) in [7, 11) is 1.63. The van der Waals surface area contributed by atoms with Gasteiger partial charge in [-0.3, -0.25) is 9.59 Å². The maximum absolute atomic E-state index is 12.4. The van der Waals surface area contributed by atoms with E-state index in [1.165, 1.54) is 0 Å². The summed E-state index contributed by atoms with van der Waals surface area (Å²) in [5.74, 6) is 2.45. The molecule has 0 atom stereocenters. The molecule has 160 valence electrons. The number of hydrogen-bond acceptors (Lipinski definition) is 4. The van der Waals surface area contributed by atoms with E-state index in [1.807, 2.05) is 65.6 Å². The summed E-state index contributed by atoms with van der Waals surface area (Å²) in [5.41, 5.74) is 2.72. The topological polar surface area (TPSA) is 71.8 Å². The summed E-state index contributed by atoms with van der Waals surface area (Å²) >= 11 is 0. The molecule has 0 aliphatic carbocycles. The lowest BCUT2D eigenvalue weighted by molar-refractivity contribution is -0.128. The highest BCUT2D eigenvalue weighted by atomic mass is 16.5. The van der Waals surface area contributed by atoms with Gasteiger partial charge in [-0.1, -0.05) is 12.1 Å². The minimum atomic E-state index is -0.0724. The first-order chi connectivity index (χ1) is 15.1. The Morgan fingerprint density at radius 1 is 1.13 bits per heavy atom. The van der Waals surface area contributed by atoms with Crippen molar-refractivity contribution in [3.8, 4) is 17.1 Å². The van der Waals surface area contributed by atoms with E-state index in [1.54, 1.807) is 7.11 Å². The molecule has 1 aromatic heterocycles. The highest BCUT2D eigenvalue weighted by molar-refractivity contribution is 5.90. The first kappa shape index (κ1) is 20.7. The van der Waals surface area contributed by atoms with Gasteiger partial charge in [0, 0.05) is 43.6 Å². The number of ether oxygens (including phenoxy) is 1. The summed E-state index contributed by atoms with van der Waals surface area (Å²) < 4.78 is 11.1. The molecule has 31 heavy (non-hydrogen) atoms. The molecule has 6 nitrogen and oxygen atoms in total. The van der Waals surface area contributed by atoms with Gasteiger partial charge in [0.2, 0.25) is 11.8 Å². The molecule has 0 spiro atoms. The predicted octanol–water partition coefficient (Wildman–Crippen LogP) is 4.65. The van der Waals surface area contributed by atoms with Gasteiger partial charge < -0.3 is 19.4 Å². The minimum Gasteiger partial charge on any atom is -0.497 e. The fourth-order valence-corrected chi connectivity index (χ4v) is 3.72. The third-order valence-corrected chi connectivity index (χ3v) is 5.39. The lowest BCUT2D eigenvalue weighted by Gasteiger charge is -2.16. The third-order valence-electron chi connectivity index (χ3n) is 5.39. The Morgan fingerprint density at radius 3 is 2.71 bits per heavy atom. The van der Waals surface area contributed by atoms with E-state index >= 15 is 0 Å². The Balaban J connectivity index is 1.30. The normalized spacial score (nSPS) is 13.5. The van der Waals surface area contributed by atoms with Gasteiger partial charge in [0.05, 0.1) is 7.11 Å². The van der Waals surface area contributed by atoms with Crippen LogP contribution in [0.3, 0.4) is 0 Å². The van der Waals surface area contributed by atoms with Crippen molar-refractivity contribution in [3.63, 3.8) is 0 Å². The van der Waals surface area contributed by atoms with Gasteiger partial charge in [-0.15, -0.1) is 0 Å². The van der Waals surface area contributed by atoms with Crippen LogP contribution < -0.4 is 10.1 Å². The minimum absolute atomic E-state index is 0.0724. The fourth-order valence-electron chi connectivity index (χ4n) is 3.72. The number of benzene rings is 2. The zero-order valence-corrected chi connectivity index (χ0v) is 17.6. The molecule has 1 fully saturated rings. The van der Waals surface area contributed by atoms with Crippen LogP contribution in [0.1, 0.15) is 30.6 Å². The molecule has 4 rings (SSSR count). The van der Waals surface area contributed by atoms with Gasteiger partial charge in [-0.25, -0.2) is 0 Å². The summed E-state index contributed by atoms with van der Waals surface area (Å²) in [6, 6.07) is 19.1. The van der Waals surface area contributed by atoms with Crippen LogP contribution in [0.2, 0.25) is 0 Å². The molecule has 1 saturated heterocycles. The zero-order valence-electron chi connectivity index (χ0n) is 17.6. The number of rotatable bonds is 8. The van der Waals surface area contributed by atoms with Crippen LogP contribution in [-0.2, 0) is 22.6 Å². The SMILES string of the molecule is COc1ccc(-c2ccc(CCC(=O)Nc3cccc(CN4CCCC4=O)c3)o2)cc1. The molecule has 0 radical (unpaired) electrons. The molecule has 2 amide bonds. The highest BCUT2D eigenvalue weighted by Crippen LogP contribution is 2.25. The van der Waals surface area contributed by atoms with Crippen LogP contribution in [0.25, 0.3) is 11.3 Å². The Morgan fingerprint density at radius 2 is 1.97 bits per heavy atom. The van der Waals surface area contributed by atoms with E-state index in [-0.39, 0.29) is 11.8 Å². The number of nitrogens with zero attached hydrogens (tertiary/aromatic N) is 1. The molecule has 2 aromatic carbocycles. The van der Waals surface area contributed by atoms with Gasteiger partial charge in [0.15, 0.2) is 0 Å². The van der Waals surface area contributed by atoms with Gasteiger partial charge in [-0.05, 0) is 60.5 Å². The average molecular weight is 418 g/mol. The first-order valence-corrected chi connectivity index (χ1v) is 10.5. The summed E-state index contributed by atoms with van der Waals surface area (Å²) in [6.07, 6.45) is 2.39. The quantitative estimate of drug-likeness (QED) is 0.578. The van der Waals surface area contributed by atoms with E-state index in [0.29, 0.717) is 25.8 Å². The van der Waals surface area contributed by atoms with E-state index in [2.05, 4.69) is 5.32 Å². The number of anilines is 1. The lowest BCUT2D eigenvalue weighted by Crippen LogP contribution is -2.23. The highest BCUT2D eigenvalue weighted by Gasteiger charge is 2.20. The smallest absolute Gasteiger partial charge is 0.224 e. The number of amides is 2. The van der Waals surface area contributed by atoms with Crippen molar-refractivity contribution in [2.75, 3.05) is 19.0 Å². The van der Waals surface area contributed by atoms with Gasteiger partial charge in [0.1, 0.15) is 17.3 Å². The van der Waals surface area contributed by atoms with Crippen LogP contribution in [-0.4, -0.2) is 30.4 Å². The second-order valence-electron chi connectivity index (χ2n) is 7.66. The van der Waals surface area contributed by atoms with Gasteiger partial charge in [-0.2, -0.15) is 0 Å². The van der Waals surface area contributed by atoms with Crippen LogP contribution >= 0.6 is 0 Å². The van der Waals surface area contributed by atoms with E-state index in [0.717, 1.165) is 47.0 Å². The number of furan rings is 1. The van der Waals surface area contributed by atoms with E-state index in [4.69, 9.17) is 9.15 Å². The number of hydrogen-bond donors (Lipinski definition) is 1. The molecule has 1 aliphatic rings. The van der Waals surface area contributed by atoms with Crippen LogP contribution in [0.5, 0.6) is 5.75 Å². The van der Waals surface area contributed by atoms with Gasteiger partial charge >= 0.3 is 0 Å². The molecule has 6 heteroatoms. The Labute approximate surface area is 181 Å². The number of carbonyl (C=O) groups excluding carboxylic acids is 2. The first-order valence-electron chi connectivity index (χ1n) is 10.5. The monoisotopic (exact) mass is 418 g/mol. The zero-order chi connectivity index (χ0) is 21.6. The summed E-state index contributed by atoms with van der Waals surface area (Å²) in [5, 5.41) is 2.94. The number of carbonyl (C=O) groups is 2. The lowest BCUT2D eigenvalue weighted by atomic mass is 10.1. The molecule has 0 saturated carbocycles. The maximum Gasteiger partial charge on any atom is 0.224 e. The maximum atomic E-state index is 12.4. The molecule has 0 unspecified atom stereocenters. The molecular weight excluding hydrogens is 392 g/mol. The second-order valence-corrected chi connectivity index (χ2v) is 7.66. The molecular formula is C25H26N2O4. The summed E-state index contributed by atoms with van der Waals surface area (Å²) in [4.78, 5) is 26.1. The largest absolute Gasteiger partial charge is 0.497 e. The Bertz CT molecular complexity index is 1060. The molecule has 1 aliphatic heterocycles. The van der Waals surface area contributed by atoms with Crippen LogP contribution in [0.15, 0.2) is 65.1 Å². The Hall–Kier alpha value is -3.54. The number of likely N-dealkylation sites (tertiary alicyclic amines) is 1. The van der Waals surface area contributed by atoms with Crippen molar-refractivity contribution in [2.45, 2.75) is 32.2 Å². The van der Waals surface area contributed by atoms with Crippen molar-refractivity contribution in [1.82, 2.24) is 4.90 Å². The summed E-state index contributed by atoms with van der Waals surface area (Å²) in [6.45, 7) is 1.39. The molecule has 2 heterocycles. The van der Waals surface area contributed by atoms with E-state index in [9.17, 15) is 9.59 Å². The van der Waals surface area contributed by atoms with Crippen LogP contribution in [0, 0.1) is 0 Å². The molecule has 0 bridgehead atoms. The Kier molecular flexibility index (Phi) is 6.36. The molecule has 1 N–H and O–H groups in total. The average Bonchev–Trinajstić information content (AvgIpc) is 3.42. The fraction of sp³-hybridized carbons (Fsp3) is 0.280. The molecule has 3 aromatic rings. The number of methoxy groups -OCH3 is 1. The van der Waals surface area contributed by atoms with Crippen molar-refractivity contribution in [1.29, 1.82) is 0 Å². The predicted molar refractivity (Wildman–Crippen MR) is 119 cm³/mol. The number of aryl methyl sites for hydroxylation is 1. The van der Waals surface area contributed by atoms with Crippen LogP contribution in [0.4, 0.5) is 5.69 Å². The van der Waals surface area contributed by atoms with Crippen molar-refractivity contribution in [3.05, 3.63) is 72.0 Å². The van der Waals surface area contributed by atoms with E-state index < -0.39 is 0 Å².